The highest BCUT2D eigenvalue weighted by Gasteiger charge is 2.25. The summed E-state index contributed by atoms with van der Waals surface area (Å²) in [6.45, 7) is 4.70. The second-order valence-electron chi connectivity index (χ2n) is 8.14. The predicted molar refractivity (Wildman–Crippen MR) is 137 cm³/mol. The van der Waals surface area contributed by atoms with Gasteiger partial charge in [-0.15, -0.1) is 10.2 Å². The molecule has 2 aromatic heterocycles. The maximum atomic E-state index is 13.1. The van der Waals surface area contributed by atoms with Crippen LogP contribution in [0.3, 0.4) is 0 Å². The molecule has 0 bridgehead atoms. The lowest BCUT2D eigenvalue weighted by Gasteiger charge is -2.35. The van der Waals surface area contributed by atoms with Crippen molar-refractivity contribution in [3.8, 4) is 17.0 Å². The van der Waals surface area contributed by atoms with Gasteiger partial charge in [0.05, 0.1) is 12.3 Å². The van der Waals surface area contributed by atoms with Crippen LogP contribution < -0.4 is 15.3 Å². The molecule has 0 aliphatic carbocycles. The fraction of sp³-hybridized carbons (Fsp3) is 0.231. The Morgan fingerprint density at radius 2 is 1.77 bits per heavy atom. The minimum Gasteiger partial charge on any atom is -0.494 e. The average Bonchev–Trinajstić information content (AvgIpc) is 2.89. The first-order valence-electron chi connectivity index (χ1n) is 11.4. The molecule has 0 N–H and O–H groups in total. The van der Waals surface area contributed by atoms with Gasteiger partial charge in [0.15, 0.2) is 5.82 Å². The lowest BCUT2D eigenvalue weighted by Crippen LogP contribution is -2.49. The number of fused-ring (bicyclic) bond motifs is 1. The summed E-state index contributed by atoms with van der Waals surface area (Å²) < 4.78 is 11.7. The summed E-state index contributed by atoms with van der Waals surface area (Å²) in [5.74, 6) is 1.25. The van der Waals surface area contributed by atoms with E-state index in [0.717, 1.165) is 27.3 Å². The van der Waals surface area contributed by atoms with E-state index in [9.17, 15) is 9.59 Å². The third-order valence-corrected chi connectivity index (χ3v) is 6.42. The number of anilines is 1. The minimum atomic E-state index is -0.622. The molecule has 35 heavy (non-hydrogen) atoms. The molecule has 5 rings (SSSR count). The molecule has 9 heteroatoms. The van der Waals surface area contributed by atoms with E-state index in [2.05, 4.69) is 31.0 Å². The highest BCUT2D eigenvalue weighted by molar-refractivity contribution is 9.10. The summed E-state index contributed by atoms with van der Waals surface area (Å²) in [7, 11) is 0. The van der Waals surface area contributed by atoms with Gasteiger partial charge in [-0.1, -0.05) is 15.9 Å². The van der Waals surface area contributed by atoms with Crippen LogP contribution >= 0.6 is 15.9 Å². The number of hydrogen-bond donors (Lipinski definition) is 0. The molecule has 178 valence electrons. The number of halogens is 1. The molecule has 1 amide bonds. The van der Waals surface area contributed by atoms with Gasteiger partial charge in [-0.3, -0.25) is 4.79 Å². The molecule has 0 saturated carbocycles. The molecule has 0 radical (unpaired) electrons. The standard InChI is InChI=1S/C26H23BrN4O4/c1-2-34-20-6-3-17(4-7-20)22-8-10-24(29-28-22)30-11-13-31(14-12-30)25(32)21-16-18-15-19(27)5-9-23(18)35-26(21)33/h3-10,15-16H,2,11-14H2,1H3. The van der Waals surface area contributed by atoms with Crippen molar-refractivity contribution in [3.63, 3.8) is 0 Å². The molecule has 2 aromatic carbocycles. The predicted octanol–water partition coefficient (Wildman–Crippen LogP) is 4.37. The van der Waals surface area contributed by atoms with Crippen LogP contribution in [0.1, 0.15) is 17.3 Å². The Balaban J connectivity index is 1.25. The summed E-state index contributed by atoms with van der Waals surface area (Å²) in [4.78, 5) is 29.2. The molecule has 1 aliphatic rings. The normalized spacial score (nSPS) is 13.8. The number of carbonyl (C=O) groups is 1. The summed E-state index contributed by atoms with van der Waals surface area (Å²) in [6.07, 6.45) is 0. The van der Waals surface area contributed by atoms with Gasteiger partial charge >= 0.3 is 5.63 Å². The van der Waals surface area contributed by atoms with Crippen molar-refractivity contribution in [2.24, 2.45) is 0 Å². The number of hydrogen-bond acceptors (Lipinski definition) is 7. The van der Waals surface area contributed by atoms with E-state index in [1.807, 2.05) is 49.4 Å². The Morgan fingerprint density at radius 1 is 1.00 bits per heavy atom. The Labute approximate surface area is 210 Å². The number of rotatable bonds is 5. The van der Waals surface area contributed by atoms with E-state index in [1.165, 1.54) is 0 Å². The number of amides is 1. The van der Waals surface area contributed by atoms with Gasteiger partial charge in [-0.05, 0) is 67.6 Å². The molecule has 0 unspecified atom stereocenters. The highest BCUT2D eigenvalue weighted by Crippen LogP contribution is 2.23. The fourth-order valence-corrected chi connectivity index (χ4v) is 4.47. The number of piperazine rings is 1. The van der Waals surface area contributed by atoms with Crippen LogP contribution in [-0.4, -0.2) is 53.8 Å². The number of ether oxygens (including phenoxy) is 1. The number of benzene rings is 2. The van der Waals surface area contributed by atoms with Gasteiger partial charge in [0.1, 0.15) is 16.9 Å². The molecule has 1 aliphatic heterocycles. The van der Waals surface area contributed by atoms with Gasteiger partial charge in [-0.2, -0.15) is 0 Å². The molecular weight excluding hydrogens is 512 g/mol. The zero-order valence-electron chi connectivity index (χ0n) is 19.1. The van der Waals surface area contributed by atoms with Crippen LogP contribution in [0.15, 0.2) is 74.3 Å². The van der Waals surface area contributed by atoms with E-state index in [4.69, 9.17) is 9.15 Å². The molecule has 0 spiro atoms. The van der Waals surface area contributed by atoms with Crippen LogP contribution in [0.25, 0.3) is 22.2 Å². The van der Waals surface area contributed by atoms with Crippen LogP contribution in [-0.2, 0) is 0 Å². The SMILES string of the molecule is CCOc1ccc(-c2ccc(N3CCN(C(=O)c4cc5cc(Br)ccc5oc4=O)CC3)nn2)cc1. The Hall–Kier alpha value is -3.72. The smallest absolute Gasteiger partial charge is 0.349 e. The second-order valence-corrected chi connectivity index (χ2v) is 9.06. The maximum Gasteiger partial charge on any atom is 0.349 e. The van der Waals surface area contributed by atoms with E-state index >= 15 is 0 Å². The average molecular weight is 535 g/mol. The van der Waals surface area contributed by atoms with Crippen molar-refractivity contribution in [1.82, 2.24) is 15.1 Å². The Kier molecular flexibility index (Phi) is 6.50. The highest BCUT2D eigenvalue weighted by atomic mass is 79.9. The van der Waals surface area contributed by atoms with Crippen molar-refractivity contribution in [1.29, 1.82) is 0 Å². The van der Waals surface area contributed by atoms with Crippen molar-refractivity contribution < 1.29 is 13.9 Å². The van der Waals surface area contributed by atoms with Crippen molar-refractivity contribution in [2.45, 2.75) is 6.92 Å². The van der Waals surface area contributed by atoms with Crippen LogP contribution in [0.4, 0.5) is 5.82 Å². The second kappa shape index (κ2) is 9.87. The zero-order valence-corrected chi connectivity index (χ0v) is 20.7. The lowest BCUT2D eigenvalue weighted by molar-refractivity contribution is 0.0742. The quantitative estimate of drug-likeness (QED) is 0.351. The van der Waals surface area contributed by atoms with Gasteiger partial charge in [0.2, 0.25) is 0 Å². The maximum absolute atomic E-state index is 13.1. The first-order valence-corrected chi connectivity index (χ1v) is 12.2. The largest absolute Gasteiger partial charge is 0.494 e. The van der Waals surface area contributed by atoms with E-state index in [0.29, 0.717) is 43.8 Å². The van der Waals surface area contributed by atoms with Crippen LogP contribution in [0.2, 0.25) is 0 Å². The fourth-order valence-electron chi connectivity index (χ4n) is 4.09. The minimum absolute atomic E-state index is 0.0450. The number of nitrogens with zero attached hydrogens (tertiary/aromatic N) is 4. The van der Waals surface area contributed by atoms with Crippen molar-refractivity contribution >= 4 is 38.6 Å². The van der Waals surface area contributed by atoms with Gasteiger partial charge in [-0.25, -0.2) is 4.79 Å². The number of aromatic nitrogens is 2. The van der Waals surface area contributed by atoms with Crippen molar-refractivity contribution in [2.75, 3.05) is 37.7 Å². The summed E-state index contributed by atoms with van der Waals surface area (Å²) in [6, 6.07) is 18.5. The van der Waals surface area contributed by atoms with E-state index < -0.39 is 5.63 Å². The summed E-state index contributed by atoms with van der Waals surface area (Å²) in [5.41, 5.74) is 1.61. The Bertz CT molecular complexity index is 1410. The van der Waals surface area contributed by atoms with Gasteiger partial charge in [0.25, 0.3) is 5.91 Å². The molecular formula is C26H23BrN4O4. The topological polar surface area (TPSA) is 88.8 Å². The van der Waals surface area contributed by atoms with Crippen LogP contribution in [0.5, 0.6) is 5.75 Å². The zero-order chi connectivity index (χ0) is 24.4. The van der Waals surface area contributed by atoms with Crippen LogP contribution in [0, 0.1) is 0 Å². The lowest BCUT2D eigenvalue weighted by atomic mass is 10.1. The first kappa shape index (κ1) is 23.0. The molecule has 1 fully saturated rings. The van der Waals surface area contributed by atoms with Crippen molar-refractivity contribution in [3.05, 3.63) is 81.1 Å². The number of carbonyl (C=O) groups excluding carboxylic acids is 1. The molecule has 4 aromatic rings. The monoisotopic (exact) mass is 534 g/mol. The van der Waals surface area contributed by atoms with Gasteiger partial charge < -0.3 is 19.0 Å². The molecule has 3 heterocycles. The van der Waals surface area contributed by atoms with E-state index in [1.54, 1.807) is 23.1 Å². The van der Waals surface area contributed by atoms with E-state index in [-0.39, 0.29) is 11.5 Å². The van der Waals surface area contributed by atoms with Gasteiger partial charge in [0, 0.05) is 41.6 Å². The Morgan fingerprint density at radius 3 is 2.46 bits per heavy atom. The third kappa shape index (κ3) is 4.90. The third-order valence-electron chi connectivity index (χ3n) is 5.93. The molecule has 1 saturated heterocycles. The summed E-state index contributed by atoms with van der Waals surface area (Å²) in [5, 5.41) is 9.47. The molecule has 8 nitrogen and oxygen atoms in total. The molecule has 0 atom stereocenters. The first-order chi connectivity index (χ1) is 17.0. The summed E-state index contributed by atoms with van der Waals surface area (Å²) >= 11 is 3.41.